The van der Waals surface area contributed by atoms with Gasteiger partial charge in [0.15, 0.2) is 0 Å². The zero-order valence-corrected chi connectivity index (χ0v) is 10.5. The van der Waals surface area contributed by atoms with Crippen LogP contribution >= 0.6 is 0 Å². The maximum Gasteiger partial charge on any atom is 0.340 e. The zero-order valence-electron chi connectivity index (χ0n) is 10.5. The van der Waals surface area contributed by atoms with Crippen LogP contribution in [-0.2, 0) is 4.79 Å². The molecule has 0 amide bonds. The van der Waals surface area contributed by atoms with Crippen LogP contribution < -0.4 is 4.74 Å². The third kappa shape index (κ3) is 3.03. The number of aliphatic carboxylic acids is 1. The number of carboxylic acid groups (broad SMARTS) is 1. The van der Waals surface area contributed by atoms with Crippen LogP contribution in [0.1, 0.15) is 5.56 Å². The Labute approximate surface area is 116 Å². The van der Waals surface area contributed by atoms with E-state index in [0.29, 0.717) is 11.3 Å². The molecule has 98 valence electrons. The minimum atomic E-state index is -1.20. The van der Waals surface area contributed by atoms with Crippen molar-refractivity contribution in [2.75, 3.05) is 0 Å². The molecule has 2 aromatic rings. The Morgan fingerprint density at radius 3 is 2.05 bits per heavy atom. The second kappa shape index (κ2) is 6.21. The summed E-state index contributed by atoms with van der Waals surface area (Å²) in [6, 6.07) is 18.8. The van der Waals surface area contributed by atoms with Crippen LogP contribution in [0.2, 0.25) is 0 Å². The normalized spacial score (nSPS) is 11.2. The van der Waals surface area contributed by atoms with Gasteiger partial charge in [-0.15, -0.1) is 0 Å². The molecule has 4 heteroatoms. The number of allylic oxidation sites excluding steroid dienone is 1. The molecule has 0 aromatic heterocycles. The minimum absolute atomic E-state index is 0.156. The maximum absolute atomic E-state index is 11.4. The number of hydrogen-bond acceptors (Lipinski definition) is 3. The second-order valence-electron chi connectivity index (χ2n) is 3.90. The van der Waals surface area contributed by atoms with Crippen molar-refractivity contribution in [1.29, 1.82) is 5.26 Å². The highest BCUT2D eigenvalue weighted by molar-refractivity contribution is 6.16. The third-order valence-corrected chi connectivity index (χ3v) is 2.57. The van der Waals surface area contributed by atoms with Gasteiger partial charge in [-0.25, -0.2) is 4.79 Å². The van der Waals surface area contributed by atoms with Gasteiger partial charge in [-0.3, -0.25) is 0 Å². The molecule has 1 N–H and O–H groups in total. The summed E-state index contributed by atoms with van der Waals surface area (Å²) in [7, 11) is 0. The van der Waals surface area contributed by atoms with E-state index in [4.69, 9.17) is 4.74 Å². The Hall–Kier alpha value is -3.06. The molecule has 0 aliphatic carbocycles. The van der Waals surface area contributed by atoms with Gasteiger partial charge in [0.1, 0.15) is 17.4 Å². The van der Waals surface area contributed by atoms with Crippen molar-refractivity contribution in [3.8, 4) is 11.8 Å². The van der Waals surface area contributed by atoms with E-state index >= 15 is 0 Å². The van der Waals surface area contributed by atoms with E-state index in [1.54, 1.807) is 60.7 Å². The molecule has 0 radical (unpaired) electrons. The van der Waals surface area contributed by atoms with Gasteiger partial charge < -0.3 is 9.84 Å². The molecule has 4 nitrogen and oxygen atoms in total. The van der Waals surface area contributed by atoms with Crippen molar-refractivity contribution in [2.24, 2.45) is 0 Å². The highest BCUT2D eigenvalue weighted by atomic mass is 16.5. The van der Waals surface area contributed by atoms with Crippen molar-refractivity contribution >= 4 is 11.5 Å². The average Bonchev–Trinajstić information content (AvgIpc) is 2.48. The van der Waals surface area contributed by atoms with E-state index in [9.17, 15) is 15.2 Å². The molecule has 0 atom stereocenters. The van der Waals surface area contributed by atoms with E-state index in [2.05, 4.69) is 0 Å². The summed E-state index contributed by atoms with van der Waals surface area (Å²) in [5, 5.41) is 18.5. The molecule has 0 spiro atoms. The molecule has 2 rings (SSSR count). The molecule has 20 heavy (non-hydrogen) atoms. The fourth-order valence-electron chi connectivity index (χ4n) is 1.69. The molecular weight excluding hydrogens is 254 g/mol. The Morgan fingerprint density at radius 2 is 1.55 bits per heavy atom. The highest BCUT2D eigenvalue weighted by Gasteiger charge is 2.18. The van der Waals surface area contributed by atoms with Gasteiger partial charge in [0.05, 0.1) is 0 Å². The first kappa shape index (κ1) is 13.4. The number of carboxylic acids is 1. The van der Waals surface area contributed by atoms with Gasteiger partial charge in [-0.05, 0) is 17.7 Å². The fraction of sp³-hybridized carbons (Fsp3) is 0. The number of ether oxygens (including phenoxy) is 1. The van der Waals surface area contributed by atoms with Crippen LogP contribution in [0, 0.1) is 11.3 Å². The predicted octanol–water partition coefficient (Wildman–Crippen LogP) is 3.08. The summed E-state index contributed by atoms with van der Waals surface area (Å²) in [5.74, 6) is -1.03. The summed E-state index contributed by atoms with van der Waals surface area (Å²) >= 11 is 0. The molecular formula is C16H11NO3. The molecule has 0 saturated carbocycles. The lowest BCUT2D eigenvalue weighted by molar-refractivity contribution is -0.130. The van der Waals surface area contributed by atoms with Crippen LogP contribution in [0.5, 0.6) is 5.75 Å². The largest absolute Gasteiger partial charge is 0.478 e. The molecule has 0 unspecified atom stereocenters. The Morgan fingerprint density at radius 1 is 1.00 bits per heavy atom. The molecule has 0 fully saturated rings. The predicted molar refractivity (Wildman–Crippen MR) is 73.7 cm³/mol. The number of rotatable bonds is 4. The lowest BCUT2D eigenvalue weighted by Gasteiger charge is -2.08. The van der Waals surface area contributed by atoms with Gasteiger partial charge in [-0.1, -0.05) is 48.5 Å². The molecule has 2 aromatic carbocycles. The number of para-hydroxylation sites is 1. The van der Waals surface area contributed by atoms with Crippen LogP contribution in [0.15, 0.2) is 66.4 Å². The van der Waals surface area contributed by atoms with Crippen LogP contribution in [-0.4, -0.2) is 11.1 Å². The lowest BCUT2D eigenvalue weighted by Crippen LogP contribution is -2.07. The molecule has 0 saturated heterocycles. The first-order valence-corrected chi connectivity index (χ1v) is 5.88. The van der Waals surface area contributed by atoms with Gasteiger partial charge in [0.2, 0.25) is 5.76 Å². The van der Waals surface area contributed by atoms with Crippen molar-refractivity contribution in [3.05, 3.63) is 72.0 Å². The van der Waals surface area contributed by atoms with E-state index < -0.39 is 5.97 Å². The summed E-state index contributed by atoms with van der Waals surface area (Å²) < 4.78 is 5.38. The fourth-order valence-corrected chi connectivity index (χ4v) is 1.69. The van der Waals surface area contributed by atoms with Crippen LogP contribution in [0.3, 0.4) is 0 Å². The summed E-state index contributed by atoms with van der Waals surface area (Å²) in [4.78, 5) is 11.4. The average molecular weight is 265 g/mol. The van der Waals surface area contributed by atoms with Gasteiger partial charge in [0.25, 0.3) is 0 Å². The van der Waals surface area contributed by atoms with E-state index in [1.807, 2.05) is 6.07 Å². The molecule has 0 heterocycles. The van der Waals surface area contributed by atoms with Crippen LogP contribution in [0.4, 0.5) is 0 Å². The second-order valence-corrected chi connectivity index (χ2v) is 3.90. The Bertz CT molecular complexity index is 670. The topological polar surface area (TPSA) is 70.3 Å². The van der Waals surface area contributed by atoms with Gasteiger partial charge in [0, 0.05) is 0 Å². The monoisotopic (exact) mass is 265 g/mol. The molecule has 0 aliphatic heterocycles. The molecule has 0 bridgehead atoms. The lowest BCUT2D eigenvalue weighted by atomic mass is 10.1. The Balaban J connectivity index is 2.48. The van der Waals surface area contributed by atoms with E-state index in [0.717, 1.165) is 0 Å². The summed E-state index contributed by atoms with van der Waals surface area (Å²) in [6.07, 6.45) is 0. The first-order valence-electron chi connectivity index (χ1n) is 5.88. The molecule has 0 aliphatic rings. The number of nitrogens with zero attached hydrogens (tertiary/aromatic N) is 1. The number of carbonyl (C=O) groups is 1. The number of benzene rings is 2. The van der Waals surface area contributed by atoms with Gasteiger partial charge >= 0.3 is 5.97 Å². The van der Waals surface area contributed by atoms with E-state index in [-0.39, 0.29) is 11.3 Å². The minimum Gasteiger partial charge on any atom is -0.478 e. The van der Waals surface area contributed by atoms with Crippen LogP contribution in [0.25, 0.3) is 5.57 Å². The number of nitriles is 1. The highest BCUT2D eigenvalue weighted by Crippen LogP contribution is 2.22. The Kier molecular flexibility index (Phi) is 4.15. The van der Waals surface area contributed by atoms with Crippen molar-refractivity contribution in [1.82, 2.24) is 0 Å². The van der Waals surface area contributed by atoms with Crippen molar-refractivity contribution in [3.63, 3.8) is 0 Å². The first-order chi connectivity index (χ1) is 9.72. The smallest absolute Gasteiger partial charge is 0.340 e. The zero-order chi connectivity index (χ0) is 14.4. The number of hydrogen-bond donors (Lipinski definition) is 1. The van der Waals surface area contributed by atoms with E-state index in [1.165, 1.54) is 0 Å². The van der Waals surface area contributed by atoms with Crippen molar-refractivity contribution < 1.29 is 14.6 Å². The van der Waals surface area contributed by atoms with Crippen molar-refractivity contribution in [2.45, 2.75) is 0 Å². The summed E-state index contributed by atoms with van der Waals surface area (Å²) in [6.45, 7) is 0. The quantitative estimate of drug-likeness (QED) is 0.524. The SMILES string of the molecule is N#CC(Oc1ccccc1)=C(C(=O)O)c1ccccc1. The van der Waals surface area contributed by atoms with Gasteiger partial charge in [-0.2, -0.15) is 5.26 Å². The maximum atomic E-state index is 11.4. The summed E-state index contributed by atoms with van der Waals surface area (Å²) in [5.41, 5.74) is 0.268. The standard InChI is InChI=1S/C16H11NO3/c17-11-14(20-13-9-5-2-6-10-13)15(16(18)19)12-7-3-1-4-8-12/h1-10H,(H,18,19). The third-order valence-electron chi connectivity index (χ3n) is 2.57.